The molecule has 1 amide bonds. The minimum absolute atomic E-state index is 0.0335. The number of hydrogen-bond acceptors (Lipinski definition) is 3. The summed E-state index contributed by atoms with van der Waals surface area (Å²) in [7, 11) is 0. The summed E-state index contributed by atoms with van der Waals surface area (Å²) >= 11 is 0. The molecule has 3 rings (SSSR count). The van der Waals surface area contributed by atoms with Crippen molar-refractivity contribution in [2.75, 3.05) is 13.1 Å². The van der Waals surface area contributed by atoms with E-state index in [0.29, 0.717) is 24.4 Å². The van der Waals surface area contributed by atoms with Gasteiger partial charge in [-0.15, -0.1) is 0 Å². The third kappa shape index (κ3) is 4.37. The second kappa shape index (κ2) is 7.66. The molecule has 2 aromatic carbocycles. The first-order valence-corrected chi connectivity index (χ1v) is 8.93. The van der Waals surface area contributed by atoms with Gasteiger partial charge in [0.15, 0.2) is 5.60 Å². The molecule has 0 saturated heterocycles. The SMILES string of the molecule is CC(C)(Oc1cccc(C2=CCN(C(=O)c3ccccc3)CC2)c1)C(=O)O. The number of benzene rings is 2. The van der Waals surface area contributed by atoms with Gasteiger partial charge in [-0.1, -0.05) is 36.4 Å². The van der Waals surface area contributed by atoms with Crippen LogP contribution in [0.3, 0.4) is 0 Å². The molecule has 2 aromatic rings. The number of hydrogen-bond donors (Lipinski definition) is 1. The Balaban J connectivity index is 1.71. The third-order valence-electron chi connectivity index (χ3n) is 4.61. The van der Waals surface area contributed by atoms with Gasteiger partial charge in [0.2, 0.25) is 0 Å². The highest BCUT2D eigenvalue weighted by Gasteiger charge is 2.29. The van der Waals surface area contributed by atoms with Crippen LogP contribution in [0.15, 0.2) is 60.7 Å². The van der Waals surface area contributed by atoms with E-state index in [1.54, 1.807) is 6.07 Å². The summed E-state index contributed by atoms with van der Waals surface area (Å²) in [4.78, 5) is 25.6. The smallest absolute Gasteiger partial charge is 0.347 e. The molecule has 0 saturated carbocycles. The van der Waals surface area contributed by atoms with Crippen molar-refractivity contribution in [1.82, 2.24) is 4.90 Å². The number of rotatable bonds is 5. The summed E-state index contributed by atoms with van der Waals surface area (Å²) in [5, 5.41) is 9.22. The molecule has 1 N–H and O–H groups in total. The standard InChI is InChI=1S/C22H23NO4/c1-22(2,21(25)26)27-19-10-6-9-18(15-19)16-11-13-23(14-12-16)20(24)17-7-4-3-5-8-17/h3-11,15H,12-14H2,1-2H3,(H,25,26). The van der Waals surface area contributed by atoms with Crippen LogP contribution in [0.2, 0.25) is 0 Å². The molecule has 0 aromatic heterocycles. The summed E-state index contributed by atoms with van der Waals surface area (Å²) in [5.74, 6) is -0.463. The molecule has 0 bridgehead atoms. The van der Waals surface area contributed by atoms with Gasteiger partial charge in [0.25, 0.3) is 5.91 Å². The first-order chi connectivity index (χ1) is 12.9. The maximum absolute atomic E-state index is 12.5. The first kappa shape index (κ1) is 18.7. The highest BCUT2D eigenvalue weighted by Crippen LogP contribution is 2.27. The molecule has 0 aliphatic carbocycles. The van der Waals surface area contributed by atoms with E-state index in [0.717, 1.165) is 17.6 Å². The van der Waals surface area contributed by atoms with E-state index in [1.165, 1.54) is 13.8 Å². The van der Waals surface area contributed by atoms with Crippen LogP contribution in [-0.2, 0) is 4.79 Å². The minimum Gasteiger partial charge on any atom is -0.478 e. The summed E-state index contributed by atoms with van der Waals surface area (Å²) in [6.45, 7) is 4.24. The van der Waals surface area contributed by atoms with Crippen LogP contribution in [0.5, 0.6) is 5.75 Å². The lowest BCUT2D eigenvalue weighted by Crippen LogP contribution is -2.37. The van der Waals surface area contributed by atoms with E-state index in [9.17, 15) is 14.7 Å². The van der Waals surface area contributed by atoms with E-state index in [4.69, 9.17) is 4.74 Å². The fourth-order valence-electron chi connectivity index (χ4n) is 2.98. The van der Waals surface area contributed by atoms with E-state index >= 15 is 0 Å². The Hall–Kier alpha value is -3.08. The number of carboxylic acids is 1. The fourth-order valence-corrected chi connectivity index (χ4v) is 2.98. The molecule has 27 heavy (non-hydrogen) atoms. The summed E-state index contributed by atoms with van der Waals surface area (Å²) in [6.07, 6.45) is 2.79. The van der Waals surface area contributed by atoms with Crippen molar-refractivity contribution >= 4 is 17.4 Å². The van der Waals surface area contributed by atoms with Crippen molar-refractivity contribution in [3.05, 3.63) is 71.8 Å². The lowest BCUT2D eigenvalue weighted by atomic mass is 9.98. The van der Waals surface area contributed by atoms with Crippen LogP contribution < -0.4 is 4.74 Å². The van der Waals surface area contributed by atoms with Crippen LogP contribution in [0.25, 0.3) is 5.57 Å². The molecule has 1 aliphatic rings. The molecule has 0 atom stereocenters. The van der Waals surface area contributed by atoms with Crippen molar-refractivity contribution in [3.63, 3.8) is 0 Å². The van der Waals surface area contributed by atoms with Gasteiger partial charge < -0.3 is 14.7 Å². The topological polar surface area (TPSA) is 66.8 Å². The fraction of sp³-hybridized carbons (Fsp3) is 0.273. The number of nitrogens with zero attached hydrogens (tertiary/aromatic N) is 1. The Bertz CT molecular complexity index is 871. The van der Waals surface area contributed by atoms with Crippen molar-refractivity contribution in [1.29, 1.82) is 0 Å². The molecule has 5 nitrogen and oxygen atoms in total. The second-order valence-corrected chi connectivity index (χ2v) is 7.04. The molecule has 0 spiro atoms. The normalized spacial score (nSPS) is 14.4. The molecule has 0 unspecified atom stereocenters. The van der Waals surface area contributed by atoms with Gasteiger partial charge in [0.1, 0.15) is 5.75 Å². The quantitative estimate of drug-likeness (QED) is 0.874. The van der Waals surface area contributed by atoms with Crippen LogP contribution >= 0.6 is 0 Å². The largest absolute Gasteiger partial charge is 0.478 e. The highest BCUT2D eigenvalue weighted by molar-refractivity contribution is 5.94. The van der Waals surface area contributed by atoms with Gasteiger partial charge in [-0.25, -0.2) is 4.79 Å². The number of ether oxygens (including phenoxy) is 1. The van der Waals surface area contributed by atoms with Gasteiger partial charge in [-0.2, -0.15) is 0 Å². The molecule has 140 valence electrons. The summed E-state index contributed by atoms with van der Waals surface area (Å²) in [6, 6.07) is 16.7. The summed E-state index contributed by atoms with van der Waals surface area (Å²) < 4.78 is 5.62. The number of aliphatic carboxylic acids is 1. The average molecular weight is 365 g/mol. The predicted molar refractivity (Wildman–Crippen MR) is 104 cm³/mol. The summed E-state index contributed by atoms with van der Waals surface area (Å²) in [5.41, 5.74) is 1.52. The number of carbonyl (C=O) groups excluding carboxylic acids is 1. The molecule has 0 radical (unpaired) electrons. The zero-order valence-electron chi connectivity index (χ0n) is 15.5. The van der Waals surface area contributed by atoms with Gasteiger partial charge in [0.05, 0.1) is 0 Å². The monoisotopic (exact) mass is 365 g/mol. The lowest BCUT2D eigenvalue weighted by Gasteiger charge is -2.27. The maximum atomic E-state index is 12.5. The zero-order chi connectivity index (χ0) is 19.4. The Labute approximate surface area is 158 Å². The van der Waals surface area contributed by atoms with Crippen molar-refractivity contribution in [2.45, 2.75) is 25.9 Å². The third-order valence-corrected chi connectivity index (χ3v) is 4.61. The first-order valence-electron chi connectivity index (χ1n) is 8.93. The van der Waals surface area contributed by atoms with Crippen LogP contribution in [0, 0.1) is 0 Å². The highest BCUT2D eigenvalue weighted by atomic mass is 16.5. The molecule has 1 aliphatic heterocycles. The Morgan fingerprint density at radius 1 is 1.07 bits per heavy atom. The van der Waals surface area contributed by atoms with Crippen LogP contribution in [-0.4, -0.2) is 40.6 Å². The van der Waals surface area contributed by atoms with Crippen LogP contribution in [0.1, 0.15) is 36.2 Å². The molecule has 0 fully saturated rings. The van der Waals surface area contributed by atoms with Gasteiger partial charge >= 0.3 is 5.97 Å². The van der Waals surface area contributed by atoms with E-state index < -0.39 is 11.6 Å². The number of carbonyl (C=O) groups is 2. The number of carboxylic acid groups (broad SMARTS) is 1. The predicted octanol–water partition coefficient (Wildman–Crippen LogP) is 3.86. The Morgan fingerprint density at radius 2 is 1.81 bits per heavy atom. The molecule has 1 heterocycles. The van der Waals surface area contributed by atoms with Gasteiger partial charge in [-0.3, -0.25) is 4.79 Å². The molecular formula is C22H23NO4. The van der Waals surface area contributed by atoms with Crippen molar-refractivity contribution in [3.8, 4) is 5.75 Å². The Morgan fingerprint density at radius 3 is 2.44 bits per heavy atom. The van der Waals surface area contributed by atoms with E-state index in [1.807, 2.05) is 59.5 Å². The van der Waals surface area contributed by atoms with Crippen LogP contribution in [0.4, 0.5) is 0 Å². The van der Waals surface area contributed by atoms with E-state index in [2.05, 4.69) is 0 Å². The van der Waals surface area contributed by atoms with Gasteiger partial charge in [-0.05, 0) is 55.7 Å². The minimum atomic E-state index is -1.29. The maximum Gasteiger partial charge on any atom is 0.347 e. The van der Waals surface area contributed by atoms with Gasteiger partial charge in [0, 0.05) is 18.7 Å². The molecular weight excluding hydrogens is 342 g/mol. The lowest BCUT2D eigenvalue weighted by molar-refractivity contribution is -0.152. The molecule has 5 heteroatoms. The van der Waals surface area contributed by atoms with Crippen molar-refractivity contribution in [2.24, 2.45) is 0 Å². The number of amides is 1. The second-order valence-electron chi connectivity index (χ2n) is 7.04. The zero-order valence-corrected chi connectivity index (χ0v) is 15.5. The average Bonchev–Trinajstić information content (AvgIpc) is 2.68. The Kier molecular flexibility index (Phi) is 5.31. The van der Waals surface area contributed by atoms with E-state index in [-0.39, 0.29) is 5.91 Å². The van der Waals surface area contributed by atoms with Crippen molar-refractivity contribution < 1.29 is 19.4 Å².